The van der Waals surface area contributed by atoms with Crippen molar-refractivity contribution in [3.05, 3.63) is 63.9 Å². The van der Waals surface area contributed by atoms with Crippen molar-refractivity contribution in [3.8, 4) is 5.75 Å². The summed E-state index contributed by atoms with van der Waals surface area (Å²) in [6, 6.07) is 13.6. The normalized spacial score (nSPS) is 10.8. The topological polar surface area (TPSA) is 60.9 Å². The van der Waals surface area contributed by atoms with Crippen LogP contribution in [0.2, 0.25) is 0 Å². The van der Waals surface area contributed by atoms with Crippen molar-refractivity contribution in [2.45, 2.75) is 30.2 Å². The number of phenols is 1. The van der Waals surface area contributed by atoms with Gasteiger partial charge >= 0.3 is 0 Å². The number of H-pyrrole nitrogens is 1. The lowest BCUT2D eigenvalue weighted by Crippen LogP contribution is -2.01. The molecule has 0 aliphatic heterocycles. The number of aromatic nitrogens is 2. The molecule has 0 aliphatic rings. The molecule has 6 heteroatoms. The van der Waals surface area contributed by atoms with Gasteiger partial charge < -0.3 is 10.4 Å². The lowest BCUT2D eigenvalue weighted by Gasteiger charge is -2.13. The van der Waals surface area contributed by atoms with Gasteiger partial charge in [0.05, 0.1) is 10.6 Å². The van der Waals surface area contributed by atoms with E-state index in [2.05, 4.69) is 37.5 Å². The zero-order valence-corrected chi connectivity index (χ0v) is 15.8. The van der Waals surface area contributed by atoms with Gasteiger partial charge in [-0.15, -0.1) is 0 Å². The molecule has 0 aliphatic carbocycles. The number of nitrogens with zero attached hydrogens (tertiary/aromatic N) is 1. The summed E-state index contributed by atoms with van der Waals surface area (Å²) in [4.78, 5) is 2.27. The van der Waals surface area contributed by atoms with Gasteiger partial charge in [0, 0.05) is 32.9 Å². The van der Waals surface area contributed by atoms with E-state index in [1.165, 1.54) is 0 Å². The Labute approximate surface area is 153 Å². The predicted octanol–water partition coefficient (Wildman–Crippen LogP) is 5.26. The highest BCUT2D eigenvalue weighted by Gasteiger charge is 2.11. The zero-order chi connectivity index (χ0) is 17.1. The summed E-state index contributed by atoms with van der Waals surface area (Å²) >= 11 is 5.13. The van der Waals surface area contributed by atoms with E-state index in [1.54, 1.807) is 17.8 Å². The number of nitrogens with one attached hydrogen (secondary N) is 2. The van der Waals surface area contributed by atoms with Crippen molar-refractivity contribution in [3.63, 3.8) is 0 Å². The maximum Gasteiger partial charge on any atom is 0.120 e. The molecule has 0 saturated heterocycles. The summed E-state index contributed by atoms with van der Waals surface area (Å²) in [6.07, 6.45) is 0. The van der Waals surface area contributed by atoms with Gasteiger partial charge in [-0.05, 0) is 44.2 Å². The Bertz CT molecular complexity index is 844. The maximum atomic E-state index is 9.98. The Hall–Kier alpha value is -1.92. The Morgan fingerprint density at radius 1 is 1.21 bits per heavy atom. The number of para-hydroxylation sites is 1. The van der Waals surface area contributed by atoms with Crippen LogP contribution < -0.4 is 5.32 Å². The monoisotopic (exact) mass is 403 g/mol. The highest BCUT2D eigenvalue weighted by atomic mass is 79.9. The molecular weight excluding hydrogens is 386 g/mol. The predicted molar refractivity (Wildman–Crippen MR) is 102 cm³/mol. The number of aromatic amines is 1. The molecule has 24 heavy (non-hydrogen) atoms. The third-order valence-corrected chi connectivity index (χ3v) is 5.55. The van der Waals surface area contributed by atoms with Gasteiger partial charge in [0.15, 0.2) is 0 Å². The first-order chi connectivity index (χ1) is 11.5. The van der Waals surface area contributed by atoms with Gasteiger partial charge in [-0.2, -0.15) is 5.10 Å². The van der Waals surface area contributed by atoms with Gasteiger partial charge in [0.2, 0.25) is 0 Å². The minimum atomic E-state index is 0.289. The van der Waals surface area contributed by atoms with Crippen LogP contribution in [-0.2, 0) is 6.54 Å². The van der Waals surface area contributed by atoms with Gasteiger partial charge in [-0.1, -0.05) is 39.8 Å². The summed E-state index contributed by atoms with van der Waals surface area (Å²) in [5.41, 5.74) is 3.94. The second-order valence-corrected chi connectivity index (χ2v) is 7.46. The summed E-state index contributed by atoms with van der Waals surface area (Å²) in [6.45, 7) is 4.57. The molecule has 0 bridgehead atoms. The fourth-order valence-corrected chi connectivity index (χ4v) is 3.81. The van der Waals surface area contributed by atoms with Gasteiger partial charge in [-0.3, -0.25) is 5.10 Å². The smallest absolute Gasteiger partial charge is 0.120 e. The highest BCUT2D eigenvalue weighted by Crippen LogP contribution is 2.36. The Morgan fingerprint density at radius 3 is 2.75 bits per heavy atom. The largest absolute Gasteiger partial charge is 0.508 e. The van der Waals surface area contributed by atoms with Crippen LogP contribution in [0.5, 0.6) is 5.75 Å². The maximum absolute atomic E-state index is 9.98. The number of rotatable bonds is 5. The molecule has 0 spiro atoms. The molecule has 0 radical (unpaired) electrons. The van der Waals surface area contributed by atoms with Crippen molar-refractivity contribution >= 4 is 33.4 Å². The van der Waals surface area contributed by atoms with E-state index < -0.39 is 0 Å². The summed E-state index contributed by atoms with van der Waals surface area (Å²) in [7, 11) is 0. The lowest BCUT2D eigenvalue weighted by molar-refractivity contribution is 0.469. The molecule has 0 fully saturated rings. The van der Waals surface area contributed by atoms with Crippen LogP contribution >= 0.6 is 27.7 Å². The molecule has 0 saturated carbocycles. The van der Waals surface area contributed by atoms with Crippen LogP contribution in [0.3, 0.4) is 0 Å². The van der Waals surface area contributed by atoms with Crippen molar-refractivity contribution in [2.75, 3.05) is 5.32 Å². The first kappa shape index (κ1) is 16.9. The molecule has 0 amide bonds. The molecule has 1 aromatic heterocycles. The number of aromatic hydroxyl groups is 1. The molecule has 3 aromatic rings. The third kappa shape index (κ3) is 3.76. The Balaban J connectivity index is 1.81. The standard InChI is InChI=1S/C18H18BrN3OS/c1-11-18(12(2)22-21-11)24-17-6-4-3-5-15(17)20-10-13-9-14(19)7-8-16(13)23/h3-9,20,23H,10H2,1-2H3,(H,21,22). The van der Waals surface area contributed by atoms with Gasteiger partial charge in [-0.25, -0.2) is 0 Å². The summed E-state index contributed by atoms with van der Waals surface area (Å²) in [5.74, 6) is 0.289. The van der Waals surface area contributed by atoms with E-state index in [1.807, 2.05) is 44.2 Å². The van der Waals surface area contributed by atoms with Gasteiger partial charge in [0.1, 0.15) is 5.75 Å². The second-order valence-electron chi connectivity index (χ2n) is 5.49. The van der Waals surface area contributed by atoms with Crippen molar-refractivity contribution in [1.29, 1.82) is 0 Å². The van der Waals surface area contributed by atoms with E-state index in [0.717, 1.165) is 36.9 Å². The van der Waals surface area contributed by atoms with E-state index >= 15 is 0 Å². The van der Waals surface area contributed by atoms with Crippen LogP contribution in [0.25, 0.3) is 0 Å². The molecule has 124 valence electrons. The fourth-order valence-electron chi connectivity index (χ4n) is 2.39. The van der Waals surface area contributed by atoms with Crippen LogP contribution in [0.4, 0.5) is 5.69 Å². The Morgan fingerprint density at radius 2 is 2.00 bits per heavy atom. The Kier molecular flexibility index (Phi) is 5.16. The van der Waals surface area contributed by atoms with E-state index in [4.69, 9.17) is 0 Å². The number of hydrogen-bond donors (Lipinski definition) is 3. The molecule has 4 nitrogen and oxygen atoms in total. The van der Waals surface area contributed by atoms with Crippen LogP contribution in [-0.4, -0.2) is 15.3 Å². The number of benzene rings is 2. The van der Waals surface area contributed by atoms with E-state index in [-0.39, 0.29) is 5.75 Å². The average Bonchev–Trinajstić information content (AvgIpc) is 2.89. The fraction of sp³-hybridized carbons (Fsp3) is 0.167. The van der Waals surface area contributed by atoms with E-state index in [9.17, 15) is 5.11 Å². The van der Waals surface area contributed by atoms with Crippen molar-refractivity contribution in [1.82, 2.24) is 10.2 Å². The molecule has 0 unspecified atom stereocenters. The quantitative estimate of drug-likeness (QED) is 0.543. The number of hydrogen-bond acceptors (Lipinski definition) is 4. The van der Waals surface area contributed by atoms with E-state index in [0.29, 0.717) is 6.54 Å². The first-order valence-corrected chi connectivity index (χ1v) is 9.15. The SMILES string of the molecule is Cc1n[nH]c(C)c1Sc1ccccc1NCc1cc(Br)ccc1O. The molecule has 1 heterocycles. The zero-order valence-electron chi connectivity index (χ0n) is 13.4. The number of aryl methyl sites for hydroxylation is 2. The minimum absolute atomic E-state index is 0.289. The third-order valence-electron chi connectivity index (χ3n) is 3.67. The highest BCUT2D eigenvalue weighted by molar-refractivity contribution is 9.10. The number of halogens is 1. The summed E-state index contributed by atoms with van der Waals surface area (Å²) < 4.78 is 0.949. The molecular formula is C18H18BrN3OS. The molecule has 3 N–H and O–H groups in total. The molecule has 0 atom stereocenters. The van der Waals surface area contributed by atoms with Crippen LogP contribution in [0.15, 0.2) is 56.7 Å². The van der Waals surface area contributed by atoms with Crippen molar-refractivity contribution < 1.29 is 5.11 Å². The average molecular weight is 404 g/mol. The summed E-state index contributed by atoms with van der Waals surface area (Å²) in [5, 5.41) is 20.7. The van der Waals surface area contributed by atoms with Crippen molar-refractivity contribution in [2.24, 2.45) is 0 Å². The molecule has 3 rings (SSSR count). The lowest BCUT2D eigenvalue weighted by atomic mass is 10.2. The number of phenolic OH excluding ortho intramolecular Hbond substituents is 1. The number of anilines is 1. The minimum Gasteiger partial charge on any atom is -0.508 e. The second kappa shape index (κ2) is 7.32. The van der Waals surface area contributed by atoms with Crippen LogP contribution in [0, 0.1) is 13.8 Å². The van der Waals surface area contributed by atoms with Gasteiger partial charge in [0.25, 0.3) is 0 Å². The molecule has 2 aromatic carbocycles. The first-order valence-electron chi connectivity index (χ1n) is 7.54. The van der Waals surface area contributed by atoms with Crippen LogP contribution in [0.1, 0.15) is 17.0 Å².